The van der Waals surface area contributed by atoms with E-state index in [1.165, 1.54) is 0 Å². The van der Waals surface area contributed by atoms with Crippen LogP contribution in [0.5, 0.6) is 0 Å². The Labute approximate surface area is 84.3 Å². The third-order valence-electron chi connectivity index (χ3n) is 3.67. The molecule has 2 aliphatic rings. The molecule has 1 amide bonds. The summed E-state index contributed by atoms with van der Waals surface area (Å²) in [7, 11) is 2.01. The molecule has 0 atom stereocenters. The summed E-state index contributed by atoms with van der Waals surface area (Å²) in [6, 6.07) is 0. The number of carbonyl (C=O) groups is 1. The van der Waals surface area contributed by atoms with Crippen molar-refractivity contribution in [2.45, 2.75) is 37.3 Å². The standard InChI is InChI=1S/C10H18N2O2/c1-12-7-6-11-9(14)10(12)4-2-8(13)3-5-10/h8,13H,2-7H2,1H3,(H,11,14)/t8-,10-. The second-order valence-corrected chi connectivity index (χ2v) is 4.44. The Hall–Kier alpha value is -0.610. The van der Waals surface area contributed by atoms with Crippen molar-refractivity contribution in [3.8, 4) is 0 Å². The smallest absolute Gasteiger partial charge is 0.240 e. The summed E-state index contributed by atoms with van der Waals surface area (Å²) in [6.45, 7) is 1.67. The van der Waals surface area contributed by atoms with Crippen molar-refractivity contribution in [2.24, 2.45) is 0 Å². The van der Waals surface area contributed by atoms with Gasteiger partial charge in [-0.3, -0.25) is 9.69 Å². The molecule has 0 aromatic heterocycles. The minimum absolute atomic E-state index is 0.151. The maximum absolute atomic E-state index is 11.9. The van der Waals surface area contributed by atoms with E-state index in [2.05, 4.69) is 10.2 Å². The van der Waals surface area contributed by atoms with E-state index in [-0.39, 0.29) is 17.6 Å². The third kappa shape index (κ3) is 1.42. The lowest BCUT2D eigenvalue weighted by Gasteiger charge is -2.47. The molecule has 4 heteroatoms. The zero-order valence-electron chi connectivity index (χ0n) is 8.62. The predicted octanol–water partition coefficient (Wildman–Crippen LogP) is -0.278. The van der Waals surface area contributed by atoms with Gasteiger partial charge >= 0.3 is 0 Å². The number of likely N-dealkylation sites (N-methyl/N-ethyl adjacent to an activating group) is 1. The predicted molar refractivity (Wildman–Crippen MR) is 52.8 cm³/mol. The van der Waals surface area contributed by atoms with Crippen molar-refractivity contribution >= 4 is 5.91 Å². The number of rotatable bonds is 0. The van der Waals surface area contributed by atoms with E-state index < -0.39 is 0 Å². The third-order valence-corrected chi connectivity index (χ3v) is 3.67. The van der Waals surface area contributed by atoms with Crippen LogP contribution < -0.4 is 5.32 Å². The number of aliphatic hydroxyl groups is 1. The molecule has 1 heterocycles. The Morgan fingerprint density at radius 1 is 1.50 bits per heavy atom. The van der Waals surface area contributed by atoms with Crippen molar-refractivity contribution in [3.63, 3.8) is 0 Å². The first-order valence-corrected chi connectivity index (χ1v) is 5.33. The van der Waals surface area contributed by atoms with Crippen LogP contribution >= 0.6 is 0 Å². The molecule has 0 aromatic rings. The Morgan fingerprint density at radius 2 is 2.14 bits per heavy atom. The van der Waals surface area contributed by atoms with Gasteiger partial charge in [0.15, 0.2) is 0 Å². The van der Waals surface area contributed by atoms with E-state index >= 15 is 0 Å². The Balaban J connectivity index is 2.15. The first-order valence-electron chi connectivity index (χ1n) is 5.33. The topological polar surface area (TPSA) is 52.6 Å². The average Bonchev–Trinajstić information content (AvgIpc) is 2.17. The van der Waals surface area contributed by atoms with E-state index in [4.69, 9.17) is 0 Å². The molecule has 0 aromatic carbocycles. The van der Waals surface area contributed by atoms with Gasteiger partial charge in [0, 0.05) is 13.1 Å². The molecule has 2 fully saturated rings. The lowest BCUT2D eigenvalue weighted by Crippen LogP contribution is -2.64. The van der Waals surface area contributed by atoms with Gasteiger partial charge in [0.05, 0.1) is 6.10 Å². The van der Waals surface area contributed by atoms with Crippen molar-refractivity contribution in [2.75, 3.05) is 20.1 Å². The molecule has 2 N–H and O–H groups in total. The number of hydrogen-bond donors (Lipinski definition) is 2. The molecule has 0 radical (unpaired) electrons. The molecule has 1 saturated carbocycles. The summed E-state index contributed by atoms with van der Waals surface area (Å²) in [5.41, 5.74) is -0.322. The van der Waals surface area contributed by atoms with Crippen molar-refractivity contribution in [1.82, 2.24) is 10.2 Å². The number of nitrogens with zero attached hydrogens (tertiary/aromatic N) is 1. The fourth-order valence-electron chi connectivity index (χ4n) is 2.58. The van der Waals surface area contributed by atoms with Gasteiger partial charge in [-0.15, -0.1) is 0 Å². The summed E-state index contributed by atoms with van der Waals surface area (Å²) in [5, 5.41) is 12.4. The molecule has 80 valence electrons. The van der Waals surface area contributed by atoms with Gasteiger partial charge in [0.1, 0.15) is 5.54 Å². The molecule has 1 saturated heterocycles. The van der Waals surface area contributed by atoms with Crippen LogP contribution in [0.15, 0.2) is 0 Å². The highest BCUT2D eigenvalue weighted by atomic mass is 16.3. The number of nitrogens with one attached hydrogen (secondary N) is 1. The van der Waals surface area contributed by atoms with Gasteiger partial charge in [0.25, 0.3) is 0 Å². The number of hydrogen-bond acceptors (Lipinski definition) is 3. The fraction of sp³-hybridized carbons (Fsp3) is 0.900. The Kier molecular flexibility index (Phi) is 2.49. The average molecular weight is 198 g/mol. The van der Waals surface area contributed by atoms with E-state index in [1.807, 2.05) is 7.05 Å². The van der Waals surface area contributed by atoms with E-state index in [0.29, 0.717) is 0 Å². The fourth-order valence-corrected chi connectivity index (χ4v) is 2.58. The van der Waals surface area contributed by atoms with Gasteiger partial charge in [0.2, 0.25) is 5.91 Å². The molecule has 2 rings (SSSR count). The summed E-state index contributed by atoms with van der Waals surface area (Å²) in [5.74, 6) is 0.151. The molecule has 14 heavy (non-hydrogen) atoms. The normalized spacial score (nSPS) is 39.9. The summed E-state index contributed by atoms with van der Waals surface area (Å²) in [6.07, 6.45) is 2.87. The van der Waals surface area contributed by atoms with Crippen LogP contribution in [0.25, 0.3) is 0 Å². The zero-order valence-corrected chi connectivity index (χ0v) is 8.62. The number of piperazine rings is 1. The van der Waals surface area contributed by atoms with Crippen molar-refractivity contribution in [3.05, 3.63) is 0 Å². The van der Waals surface area contributed by atoms with Crippen LogP contribution in [0, 0.1) is 0 Å². The molecular weight excluding hydrogens is 180 g/mol. The lowest BCUT2D eigenvalue weighted by molar-refractivity contribution is -0.140. The summed E-state index contributed by atoms with van der Waals surface area (Å²) >= 11 is 0. The quantitative estimate of drug-likeness (QED) is 0.563. The highest BCUT2D eigenvalue weighted by Gasteiger charge is 2.46. The first kappa shape index (κ1) is 9.93. The molecule has 4 nitrogen and oxygen atoms in total. The monoisotopic (exact) mass is 198 g/mol. The van der Waals surface area contributed by atoms with Gasteiger partial charge < -0.3 is 10.4 Å². The van der Waals surface area contributed by atoms with Crippen LogP contribution in [0.4, 0.5) is 0 Å². The maximum atomic E-state index is 11.9. The number of carbonyl (C=O) groups excluding carboxylic acids is 1. The zero-order chi connectivity index (χ0) is 10.2. The molecule has 0 bridgehead atoms. The lowest BCUT2D eigenvalue weighted by atomic mass is 9.77. The van der Waals surface area contributed by atoms with Gasteiger partial charge in [-0.05, 0) is 32.7 Å². The Morgan fingerprint density at radius 3 is 2.71 bits per heavy atom. The van der Waals surface area contributed by atoms with Gasteiger partial charge in [-0.2, -0.15) is 0 Å². The van der Waals surface area contributed by atoms with Crippen LogP contribution in [-0.4, -0.2) is 47.7 Å². The largest absolute Gasteiger partial charge is 0.393 e. The highest BCUT2D eigenvalue weighted by molar-refractivity contribution is 5.87. The minimum Gasteiger partial charge on any atom is -0.393 e. The van der Waals surface area contributed by atoms with E-state index in [1.54, 1.807) is 0 Å². The maximum Gasteiger partial charge on any atom is 0.240 e. The first-order chi connectivity index (χ1) is 6.65. The molecule has 1 aliphatic heterocycles. The van der Waals surface area contributed by atoms with Gasteiger partial charge in [-0.1, -0.05) is 0 Å². The van der Waals surface area contributed by atoms with Crippen LogP contribution in [0.2, 0.25) is 0 Å². The Bertz CT molecular complexity index is 234. The van der Waals surface area contributed by atoms with Crippen molar-refractivity contribution < 1.29 is 9.90 Å². The number of amides is 1. The van der Waals surface area contributed by atoms with Crippen LogP contribution in [0.1, 0.15) is 25.7 Å². The number of aliphatic hydroxyl groups excluding tert-OH is 1. The van der Waals surface area contributed by atoms with Crippen molar-refractivity contribution in [1.29, 1.82) is 0 Å². The second kappa shape index (κ2) is 3.51. The summed E-state index contributed by atoms with van der Waals surface area (Å²) in [4.78, 5) is 14.0. The highest BCUT2D eigenvalue weighted by Crippen LogP contribution is 2.34. The molecular formula is C10H18N2O2. The van der Waals surface area contributed by atoms with E-state index in [0.717, 1.165) is 38.8 Å². The van der Waals surface area contributed by atoms with Crippen LogP contribution in [-0.2, 0) is 4.79 Å². The van der Waals surface area contributed by atoms with E-state index in [9.17, 15) is 9.90 Å². The van der Waals surface area contributed by atoms with Crippen LogP contribution in [0.3, 0.4) is 0 Å². The molecule has 1 spiro atoms. The SMILES string of the molecule is CN1CCNC(=O)[C@]12CC[C@@H](O)CC2. The van der Waals surface area contributed by atoms with Gasteiger partial charge in [-0.25, -0.2) is 0 Å². The molecule has 0 unspecified atom stereocenters. The minimum atomic E-state index is -0.322. The molecule has 1 aliphatic carbocycles. The second-order valence-electron chi connectivity index (χ2n) is 4.44. The summed E-state index contributed by atoms with van der Waals surface area (Å²) < 4.78 is 0.